The number of hydrogen-bond donors (Lipinski definition) is 0. The number of hydrogen-bond acceptors (Lipinski definition) is 5. The molecule has 3 aromatic carbocycles. The molecule has 6 nitrogen and oxygen atoms in total. The Morgan fingerprint density at radius 1 is 0.750 bits per heavy atom. The normalized spacial score (nSPS) is 21.7. The van der Waals surface area contributed by atoms with Crippen molar-refractivity contribution in [3.05, 3.63) is 122 Å². The van der Waals surface area contributed by atoms with E-state index < -0.39 is 11.1 Å². The molecule has 0 saturated heterocycles. The summed E-state index contributed by atoms with van der Waals surface area (Å²) in [5.41, 5.74) is 12.5. The van der Waals surface area contributed by atoms with E-state index >= 15 is 0 Å². The largest absolute Gasteiger partial charge is 2.00 e. The molecule has 266 valence electrons. The Labute approximate surface area is 321 Å². The van der Waals surface area contributed by atoms with Gasteiger partial charge in [0, 0.05) is 33.9 Å². The predicted molar refractivity (Wildman–Crippen MR) is 204 cm³/mol. The minimum Gasteiger partial charge on any atom is -0.510 e. The summed E-state index contributed by atoms with van der Waals surface area (Å²) < 4.78 is 16.0. The SMILES string of the molecule is Cc1cc(C)c2c(c1)[C@@]1(C)N=C(c3[c-]c(Oc4[c-]c5c(cc4C)c4cc(C)cc6c4n5-c4ncccc4C6(C)C)c(C)nc3C)O[C@@]1(C)C2(C)C.[Pt+2]. The van der Waals surface area contributed by atoms with Crippen molar-refractivity contribution in [3.63, 3.8) is 0 Å². The topological polar surface area (TPSA) is 61.5 Å². The Morgan fingerprint density at radius 2 is 1.46 bits per heavy atom. The van der Waals surface area contributed by atoms with Gasteiger partial charge in [0.25, 0.3) is 0 Å². The predicted octanol–water partition coefficient (Wildman–Crippen LogP) is 10.2. The fourth-order valence-corrected chi connectivity index (χ4v) is 9.61. The summed E-state index contributed by atoms with van der Waals surface area (Å²) in [4.78, 5) is 15.3. The maximum absolute atomic E-state index is 7.01. The Kier molecular flexibility index (Phi) is 7.28. The molecule has 52 heavy (non-hydrogen) atoms. The Hall–Kier alpha value is -4.28. The van der Waals surface area contributed by atoms with Gasteiger partial charge in [0.15, 0.2) is 0 Å². The number of nitrogens with zero attached hydrogens (tertiary/aromatic N) is 4. The standard InChI is InChI=1S/C45H44N4O2.Pt/c1-23-16-26(4)38-33(18-23)44(11)45(12,43(38,9)10)51-41(48-44)29-21-37(28(6)47-27(29)5)50-36-22-35-30(20-25(36)3)31-17-24(2)19-34-39(31)49(35)40-32(42(34,7)8)14-13-15-46-40;/h13-20H,1-12H3;/q-2;+2/t44-,45+;/m1./s1. The van der Waals surface area contributed by atoms with Crippen LogP contribution < -0.4 is 4.74 Å². The zero-order valence-corrected chi connectivity index (χ0v) is 34.3. The van der Waals surface area contributed by atoms with Crippen molar-refractivity contribution >= 4 is 27.7 Å². The van der Waals surface area contributed by atoms with Gasteiger partial charge < -0.3 is 19.0 Å². The van der Waals surface area contributed by atoms with Crippen LogP contribution in [-0.2, 0) is 42.2 Å². The van der Waals surface area contributed by atoms with E-state index in [9.17, 15) is 0 Å². The van der Waals surface area contributed by atoms with Crippen LogP contribution in [0.1, 0.15) is 103 Å². The number of pyridine rings is 2. The molecule has 2 atom stereocenters. The fraction of sp³-hybridized carbons (Fsp3) is 0.356. The second-order valence-electron chi connectivity index (χ2n) is 16.6. The second-order valence-corrected chi connectivity index (χ2v) is 16.6. The molecule has 0 amide bonds. The molecule has 1 aliphatic carbocycles. The van der Waals surface area contributed by atoms with E-state index in [1.807, 2.05) is 26.1 Å². The molecule has 5 heterocycles. The minimum atomic E-state index is -0.605. The molecule has 0 bridgehead atoms. The molecular weight excluding hydrogens is 824 g/mol. The Morgan fingerprint density at radius 3 is 2.21 bits per heavy atom. The average Bonchev–Trinajstić information content (AvgIpc) is 3.56. The molecule has 0 radical (unpaired) electrons. The van der Waals surface area contributed by atoms with Crippen LogP contribution in [0.2, 0.25) is 0 Å². The summed E-state index contributed by atoms with van der Waals surface area (Å²) in [6.45, 7) is 26.1. The Bertz CT molecular complexity index is 2600. The van der Waals surface area contributed by atoms with Crippen molar-refractivity contribution in [1.29, 1.82) is 0 Å². The van der Waals surface area contributed by atoms with E-state index in [1.165, 1.54) is 49.8 Å². The first-order valence-electron chi connectivity index (χ1n) is 18.0. The molecule has 3 aromatic heterocycles. The van der Waals surface area contributed by atoms with E-state index in [-0.39, 0.29) is 31.9 Å². The Balaban J connectivity index is 0.00000387. The third kappa shape index (κ3) is 4.25. The molecule has 0 N–H and O–H groups in total. The van der Waals surface area contributed by atoms with E-state index in [2.05, 4.69) is 122 Å². The van der Waals surface area contributed by atoms with Gasteiger partial charge in [0.1, 0.15) is 22.9 Å². The van der Waals surface area contributed by atoms with Gasteiger partial charge >= 0.3 is 21.1 Å². The third-order valence-electron chi connectivity index (χ3n) is 12.6. The second kappa shape index (κ2) is 10.9. The van der Waals surface area contributed by atoms with Crippen LogP contribution in [0.4, 0.5) is 0 Å². The molecule has 0 unspecified atom stereocenters. The monoisotopic (exact) mass is 867 g/mol. The molecule has 0 spiro atoms. The van der Waals surface area contributed by atoms with Crippen molar-refractivity contribution in [2.45, 2.75) is 105 Å². The molecular formula is C45H44N4O2Pt. The average molecular weight is 868 g/mol. The first-order valence-corrected chi connectivity index (χ1v) is 18.0. The smallest absolute Gasteiger partial charge is 0.510 e. The number of rotatable bonds is 3. The zero-order valence-electron chi connectivity index (χ0n) is 32.0. The van der Waals surface area contributed by atoms with Crippen molar-refractivity contribution in [2.24, 2.45) is 4.99 Å². The molecule has 9 rings (SSSR count). The maximum Gasteiger partial charge on any atom is 2.00 e. The summed E-state index contributed by atoms with van der Waals surface area (Å²) >= 11 is 0. The number of benzene rings is 3. The maximum atomic E-state index is 7.01. The van der Waals surface area contributed by atoms with Crippen molar-refractivity contribution in [3.8, 4) is 17.3 Å². The van der Waals surface area contributed by atoms with Gasteiger partial charge in [-0.3, -0.25) is 4.99 Å². The van der Waals surface area contributed by atoms with Crippen molar-refractivity contribution in [1.82, 2.24) is 14.5 Å². The van der Waals surface area contributed by atoms with Gasteiger partial charge in [-0.05, 0) is 79.7 Å². The summed E-state index contributed by atoms with van der Waals surface area (Å²) in [6, 6.07) is 22.9. The van der Waals surface area contributed by atoms with E-state index in [0.29, 0.717) is 17.4 Å². The van der Waals surface area contributed by atoms with E-state index in [0.717, 1.165) is 39.2 Å². The number of ether oxygens (including phenoxy) is 2. The van der Waals surface area contributed by atoms with E-state index in [1.54, 1.807) is 0 Å². The van der Waals surface area contributed by atoms with Gasteiger partial charge in [-0.1, -0.05) is 107 Å². The van der Waals surface area contributed by atoms with Crippen molar-refractivity contribution in [2.75, 3.05) is 0 Å². The van der Waals surface area contributed by atoms with Gasteiger partial charge in [-0.15, -0.1) is 17.0 Å². The van der Waals surface area contributed by atoms with Crippen LogP contribution in [0.3, 0.4) is 0 Å². The van der Waals surface area contributed by atoms with Gasteiger partial charge in [0.05, 0.1) is 5.75 Å². The minimum absolute atomic E-state index is 0. The molecule has 7 heteroatoms. The first-order chi connectivity index (χ1) is 24.0. The van der Waals surface area contributed by atoms with Crippen LogP contribution in [-0.4, -0.2) is 26.0 Å². The van der Waals surface area contributed by atoms with Crippen molar-refractivity contribution < 1.29 is 30.5 Å². The molecule has 2 aliphatic heterocycles. The summed E-state index contributed by atoms with van der Waals surface area (Å²) in [6.07, 6.45) is 1.88. The summed E-state index contributed by atoms with van der Waals surface area (Å²) in [7, 11) is 0. The molecule has 0 saturated carbocycles. The van der Waals surface area contributed by atoms with Gasteiger partial charge in [-0.25, -0.2) is 4.98 Å². The quantitative estimate of drug-likeness (QED) is 0.166. The number of aryl methyl sites for hydroxylation is 6. The van der Waals surface area contributed by atoms with Crippen LogP contribution in [0.25, 0.3) is 27.6 Å². The first kappa shape index (κ1) is 34.8. The molecule has 0 fully saturated rings. The summed E-state index contributed by atoms with van der Waals surface area (Å²) in [5.74, 6) is 2.65. The van der Waals surface area contributed by atoms with Gasteiger partial charge in [0.2, 0.25) is 0 Å². The van der Waals surface area contributed by atoms with Crippen LogP contribution >= 0.6 is 0 Å². The number of aromatic nitrogens is 3. The summed E-state index contributed by atoms with van der Waals surface area (Å²) in [5, 5.41) is 2.34. The fourth-order valence-electron chi connectivity index (χ4n) is 9.61. The van der Waals surface area contributed by atoms with Crippen LogP contribution in [0, 0.1) is 53.7 Å². The van der Waals surface area contributed by atoms with Crippen LogP contribution in [0.15, 0.2) is 53.7 Å². The molecule has 6 aromatic rings. The van der Waals surface area contributed by atoms with Crippen LogP contribution in [0.5, 0.6) is 11.5 Å². The van der Waals surface area contributed by atoms with E-state index in [4.69, 9.17) is 24.4 Å². The third-order valence-corrected chi connectivity index (χ3v) is 12.6. The number of fused-ring (bicyclic) bond motifs is 8. The molecule has 3 aliphatic rings. The zero-order chi connectivity index (χ0) is 36.2. The number of aliphatic imine (C=N–C) groups is 1. The van der Waals surface area contributed by atoms with Gasteiger partial charge in [-0.2, -0.15) is 6.07 Å².